The topological polar surface area (TPSA) is 33.7 Å². The van der Waals surface area contributed by atoms with Crippen LogP contribution in [0.4, 0.5) is 0 Å². The number of nitrogens with one attached hydrogen (secondary N) is 1. The lowest BCUT2D eigenvalue weighted by Crippen LogP contribution is -2.48. The van der Waals surface area contributed by atoms with Crippen LogP contribution in [0.1, 0.15) is 27.2 Å². The van der Waals surface area contributed by atoms with Gasteiger partial charge in [-0.1, -0.05) is 20.8 Å². The number of ether oxygens (including phenoxy) is 2. The Labute approximate surface area is 111 Å². The Kier molecular flexibility index (Phi) is 5.01. The maximum atomic E-state index is 5.76. The average molecular weight is 256 g/mol. The normalized spacial score (nSPS) is 32.2. The molecule has 0 aliphatic carbocycles. The molecule has 0 bridgehead atoms. The zero-order valence-electron chi connectivity index (χ0n) is 12.1. The Balaban J connectivity index is 1.86. The molecule has 2 unspecified atom stereocenters. The fourth-order valence-corrected chi connectivity index (χ4v) is 2.67. The third kappa shape index (κ3) is 4.19. The highest BCUT2D eigenvalue weighted by molar-refractivity contribution is 4.86. The van der Waals surface area contributed by atoms with Crippen molar-refractivity contribution in [3.63, 3.8) is 0 Å². The predicted octanol–water partition coefficient (Wildman–Crippen LogP) is 1.11. The molecule has 18 heavy (non-hydrogen) atoms. The summed E-state index contributed by atoms with van der Waals surface area (Å²) in [4.78, 5) is 2.54. The Morgan fingerprint density at radius 1 is 1.28 bits per heavy atom. The second-order valence-electron chi connectivity index (χ2n) is 6.55. The Morgan fingerprint density at radius 2 is 2.11 bits per heavy atom. The van der Waals surface area contributed by atoms with E-state index in [1.807, 2.05) is 0 Å². The number of hydrogen-bond donors (Lipinski definition) is 1. The molecule has 106 valence electrons. The van der Waals surface area contributed by atoms with Gasteiger partial charge in [0.2, 0.25) is 0 Å². The minimum Gasteiger partial charge on any atom is -0.376 e. The molecular formula is C14H28N2O2. The molecule has 0 amide bonds. The summed E-state index contributed by atoms with van der Waals surface area (Å²) in [6, 6.07) is 0.560. The lowest BCUT2D eigenvalue weighted by Gasteiger charge is -2.35. The molecule has 4 heteroatoms. The number of hydrogen-bond acceptors (Lipinski definition) is 4. The molecule has 0 aromatic heterocycles. The summed E-state index contributed by atoms with van der Waals surface area (Å²) in [6.07, 6.45) is 1.48. The van der Waals surface area contributed by atoms with E-state index in [-0.39, 0.29) is 6.10 Å². The third-order valence-corrected chi connectivity index (χ3v) is 3.87. The molecule has 0 aromatic rings. The fraction of sp³-hybridized carbons (Fsp3) is 1.00. The molecular weight excluding hydrogens is 228 g/mol. The second kappa shape index (κ2) is 6.33. The molecule has 0 spiro atoms. The lowest BCUT2D eigenvalue weighted by molar-refractivity contribution is -0.0980. The molecule has 2 heterocycles. The third-order valence-electron chi connectivity index (χ3n) is 3.87. The van der Waals surface area contributed by atoms with Crippen molar-refractivity contribution in [2.24, 2.45) is 5.41 Å². The quantitative estimate of drug-likeness (QED) is 0.802. The van der Waals surface area contributed by atoms with Gasteiger partial charge in [-0.05, 0) is 24.9 Å². The van der Waals surface area contributed by atoms with Gasteiger partial charge in [-0.25, -0.2) is 0 Å². The van der Waals surface area contributed by atoms with Crippen LogP contribution in [0.3, 0.4) is 0 Å². The molecule has 0 saturated carbocycles. The Bertz CT molecular complexity index is 247. The van der Waals surface area contributed by atoms with Gasteiger partial charge in [0.05, 0.1) is 25.9 Å². The highest BCUT2D eigenvalue weighted by Crippen LogP contribution is 2.22. The first-order chi connectivity index (χ1) is 8.55. The van der Waals surface area contributed by atoms with Crippen molar-refractivity contribution in [3.05, 3.63) is 0 Å². The van der Waals surface area contributed by atoms with E-state index >= 15 is 0 Å². The Hall–Kier alpha value is -0.160. The summed E-state index contributed by atoms with van der Waals surface area (Å²) in [7, 11) is 0. The van der Waals surface area contributed by atoms with E-state index in [4.69, 9.17) is 9.47 Å². The molecule has 2 rings (SSSR count). The van der Waals surface area contributed by atoms with Crippen molar-refractivity contribution in [1.82, 2.24) is 10.2 Å². The van der Waals surface area contributed by atoms with E-state index in [0.29, 0.717) is 11.5 Å². The summed E-state index contributed by atoms with van der Waals surface area (Å²) in [5.41, 5.74) is 0.312. The summed E-state index contributed by atoms with van der Waals surface area (Å²) in [5, 5.41) is 3.68. The summed E-state index contributed by atoms with van der Waals surface area (Å²) >= 11 is 0. The maximum Gasteiger partial charge on any atom is 0.0936 e. The second-order valence-corrected chi connectivity index (χ2v) is 6.55. The maximum absolute atomic E-state index is 5.76. The molecule has 4 nitrogen and oxygen atoms in total. The van der Waals surface area contributed by atoms with Crippen LogP contribution >= 0.6 is 0 Å². The zero-order chi connectivity index (χ0) is 13.0. The largest absolute Gasteiger partial charge is 0.376 e. The zero-order valence-corrected chi connectivity index (χ0v) is 12.1. The van der Waals surface area contributed by atoms with Gasteiger partial charge in [-0.15, -0.1) is 0 Å². The number of rotatable bonds is 2. The van der Waals surface area contributed by atoms with Crippen LogP contribution in [-0.2, 0) is 9.47 Å². The van der Waals surface area contributed by atoms with Crippen LogP contribution in [0, 0.1) is 5.41 Å². The monoisotopic (exact) mass is 256 g/mol. The molecule has 2 aliphatic heterocycles. The van der Waals surface area contributed by atoms with Crippen molar-refractivity contribution in [2.75, 3.05) is 46.0 Å². The van der Waals surface area contributed by atoms with Crippen molar-refractivity contribution >= 4 is 0 Å². The van der Waals surface area contributed by atoms with E-state index in [1.54, 1.807) is 0 Å². The van der Waals surface area contributed by atoms with Crippen molar-refractivity contribution in [3.8, 4) is 0 Å². The van der Waals surface area contributed by atoms with Crippen LogP contribution in [0.2, 0.25) is 0 Å². The predicted molar refractivity (Wildman–Crippen MR) is 72.9 cm³/mol. The van der Waals surface area contributed by atoms with Crippen molar-refractivity contribution in [1.29, 1.82) is 0 Å². The standard InChI is InChI=1S/C14H28N2O2/c1-14(2,3)13-10-16(6-4-5-15-13)9-12-11-17-7-8-18-12/h12-13,15H,4-11H2,1-3H3. The van der Waals surface area contributed by atoms with E-state index in [9.17, 15) is 0 Å². The first-order valence-electron chi connectivity index (χ1n) is 7.21. The van der Waals surface area contributed by atoms with E-state index in [0.717, 1.165) is 39.5 Å². The van der Waals surface area contributed by atoms with E-state index < -0.39 is 0 Å². The molecule has 2 saturated heterocycles. The molecule has 2 fully saturated rings. The van der Waals surface area contributed by atoms with Gasteiger partial charge in [0.15, 0.2) is 0 Å². The van der Waals surface area contributed by atoms with Crippen LogP contribution in [-0.4, -0.2) is 63.0 Å². The summed E-state index contributed by atoms with van der Waals surface area (Å²) in [5.74, 6) is 0. The summed E-state index contributed by atoms with van der Waals surface area (Å²) < 4.78 is 11.2. The van der Waals surface area contributed by atoms with Crippen LogP contribution in [0.25, 0.3) is 0 Å². The molecule has 1 N–H and O–H groups in total. The first-order valence-corrected chi connectivity index (χ1v) is 7.21. The molecule has 2 aliphatic rings. The minimum atomic E-state index is 0.262. The minimum absolute atomic E-state index is 0.262. The first kappa shape index (κ1) is 14.3. The highest BCUT2D eigenvalue weighted by atomic mass is 16.6. The molecule has 0 radical (unpaired) electrons. The van der Waals surface area contributed by atoms with Gasteiger partial charge < -0.3 is 14.8 Å². The van der Waals surface area contributed by atoms with Crippen LogP contribution in [0.15, 0.2) is 0 Å². The Morgan fingerprint density at radius 3 is 2.78 bits per heavy atom. The fourth-order valence-electron chi connectivity index (χ4n) is 2.67. The van der Waals surface area contributed by atoms with Crippen molar-refractivity contribution in [2.45, 2.75) is 39.3 Å². The van der Waals surface area contributed by atoms with E-state index in [1.165, 1.54) is 13.0 Å². The van der Waals surface area contributed by atoms with Crippen LogP contribution in [0.5, 0.6) is 0 Å². The highest BCUT2D eigenvalue weighted by Gasteiger charge is 2.29. The smallest absolute Gasteiger partial charge is 0.0936 e. The van der Waals surface area contributed by atoms with Crippen molar-refractivity contribution < 1.29 is 9.47 Å². The van der Waals surface area contributed by atoms with Gasteiger partial charge >= 0.3 is 0 Å². The summed E-state index contributed by atoms with van der Waals surface area (Å²) in [6.45, 7) is 13.6. The van der Waals surface area contributed by atoms with Gasteiger partial charge in [0.25, 0.3) is 0 Å². The van der Waals surface area contributed by atoms with E-state index in [2.05, 4.69) is 31.0 Å². The average Bonchev–Trinajstić information content (AvgIpc) is 2.55. The SMILES string of the molecule is CC(C)(C)C1CN(CC2COCCO2)CCCN1. The lowest BCUT2D eigenvalue weighted by atomic mass is 9.86. The van der Waals surface area contributed by atoms with Gasteiger partial charge in [0.1, 0.15) is 0 Å². The molecule has 0 aromatic carbocycles. The number of nitrogens with zero attached hydrogens (tertiary/aromatic N) is 1. The molecule has 2 atom stereocenters. The van der Waals surface area contributed by atoms with Gasteiger partial charge in [-0.2, -0.15) is 0 Å². The van der Waals surface area contributed by atoms with Crippen LogP contribution < -0.4 is 5.32 Å². The van der Waals surface area contributed by atoms with Gasteiger partial charge in [0, 0.05) is 19.1 Å². The van der Waals surface area contributed by atoms with Gasteiger partial charge in [-0.3, -0.25) is 4.90 Å².